The molecule has 164 valence electrons. The zero-order valence-corrected chi connectivity index (χ0v) is 18.2. The first-order valence-electron chi connectivity index (χ1n) is 10.3. The van der Waals surface area contributed by atoms with Gasteiger partial charge in [-0.2, -0.15) is 5.10 Å². The Morgan fingerprint density at radius 3 is 2.74 bits per heavy atom. The third-order valence-electron chi connectivity index (χ3n) is 4.96. The van der Waals surface area contributed by atoms with Gasteiger partial charge >= 0.3 is 0 Å². The summed E-state index contributed by atoms with van der Waals surface area (Å²) in [7, 11) is 0. The molecule has 0 saturated carbocycles. The first-order chi connectivity index (χ1) is 15.1. The van der Waals surface area contributed by atoms with Crippen molar-refractivity contribution in [3.63, 3.8) is 0 Å². The first-order valence-corrected chi connectivity index (χ1v) is 11.3. The Labute approximate surface area is 184 Å². The summed E-state index contributed by atoms with van der Waals surface area (Å²) in [6, 6.07) is 5.95. The third-order valence-corrected chi connectivity index (χ3v) is 5.69. The Kier molecular flexibility index (Phi) is 6.98. The fraction of sp³-hybridized carbons (Fsp3) is 0.429. The number of amides is 1. The van der Waals surface area contributed by atoms with Gasteiger partial charge in [0.1, 0.15) is 11.6 Å². The van der Waals surface area contributed by atoms with Crippen LogP contribution in [0.15, 0.2) is 35.6 Å². The highest BCUT2D eigenvalue weighted by Crippen LogP contribution is 2.27. The monoisotopic (exact) mass is 444 g/mol. The average Bonchev–Trinajstić information content (AvgIpc) is 3.18. The number of carbonyl (C=O) groups excluding carboxylic acids is 1. The van der Waals surface area contributed by atoms with Gasteiger partial charge in [-0.15, -0.1) is 0 Å². The Hall–Kier alpha value is -2.72. The minimum atomic E-state index is -0.311. The van der Waals surface area contributed by atoms with Gasteiger partial charge in [-0.3, -0.25) is 4.79 Å². The van der Waals surface area contributed by atoms with E-state index >= 15 is 0 Å². The second-order valence-electron chi connectivity index (χ2n) is 7.12. The average molecular weight is 445 g/mol. The first kappa shape index (κ1) is 21.5. The summed E-state index contributed by atoms with van der Waals surface area (Å²) in [6.07, 6.45) is 2.00. The summed E-state index contributed by atoms with van der Waals surface area (Å²) in [5.41, 5.74) is 1.53. The van der Waals surface area contributed by atoms with Crippen molar-refractivity contribution >= 4 is 34.5 Å². The van der Waals surface area contributed by atoms with E-state index in [1.807, 2.05) is 0 Å². The molecule has 0 unspecified atom stereocenters. The zero-order valence-electron chi connectivity index (χ0n) is 17.4. The normalized spacial score (nSPS) is 14.2. The van der Waals surface area contributed by atoms with Gasteiger partial charge in [0.2, 0.25) is 5.91 Å². The molecule has 4 rings (SSSR count). The third kappa shape index (κ3) is 5.31. The lowest BCUT2D eigenvalue weighted by Gasteiger charge is -2.28. The van der Waals surface area contributed by atoms with Gasteiger partial charge < -0.3 is 15.0 Å². The minimum Gasteiger partial charge on any atom is -0.378 e. The molecule has 8 nitrogen and oxygen atoms in total. The maximum atomic E-state index is 13.0. The van der Waals surface area contributed by atoms with E-state index in [-0.39, 0.29) is 18.1 Å². The second-order valence-corrected chi connectivity index (χ2v) is 8.35. The van der Waals surface area contributed by atoms with Crippen LogP contribution in [0.3, 0.4) is 0 Å². The van der Waals surface area contributed by atoms with E-state index in [0.29, 0.717) is 26.3 Å². The molecule has 1 saturated heterocycles. The number of fused-ring (bicyclic) bond motifs is 1. The predicted octanol–water partition coefficient (Wildman–Crippen LogP) is 2.27. The molecule has 0 radical (unpaired) electrons. The van der Waals surface area contributed by atoms with Crippen LogP contribution in [0.4, 0.5) is 10.2 Å². The molecule has 0 atom stereocenters. The number of nitrogens with one attached hydrogen (secondary N) is 1. The van der Waals surface area contributed by atoms with Crippen molar-refractivity contribution < 1.29 is 13.9 Å². The van der Waals surface area contributed by atoms with Crippen LogP contribution in [0.25, 0.3) is 11.0 Å². The van der Waals surface area contributed by atoms with Gasteiger partial charge in [0, 0.05) is 19.6 Å². The molecule has 1 aromatic carbocycles. The lowest BCUT2D eigenvalue weighted by molar-refractivity contribution is -0.120. The number of morpholine rings is 1. The van der Waals surface area contributed by atoms with E-state index in [1.165, 1.54) is 12.1 Å². The summed E-state index contributed by atoms with van der Waals surface area (Å²) in [5.74, 6) is 1.33. The van der Waals surface area contributed by atoms with Crippen LogP contribution >= 0.6 is 11.8 Å². The topological polar surface area (TPSA) is 85.2 Å². The quantitative estimate of drug-likeness (QED) is 0.421. The van der Waals surface area contributed by atoms with Crippen molar-refractivity contribution in [1.29, 1.82) is 0 Å². The van der Waals surface area contributed by atoms with E-state index in [9.17, 15) is 9.18 Å². The number of carbonyl (C=O) groups is 1. The van der Waals surface area contributed by atoms with Crippen LogP contribution < -0.4 is 10.2 Å². The van der Waals surface area contributed by atoms with Crippen molar-refractivity contribution in [2.45, 2.75) is 25.0 Å². The van der Waals surface area contributed by atoms with Crippen LogP contribution in [-0.4, -0.2) is 64.3 Å². The molecule has 1 amide bonds. The number of hydrogen-bond acceptors (Lipinski definition) is 7. The fourth-order valence-corrected chi connectivity index (χ4v) is 4.01. The number of thioether (sulfide) groups is 1. The van der Waals surface area contributed by atoms with Gasteiger partial charge in [-0.05, 0) is 23.4 Å². The highest BCUT2D eigenvalue weighted by Gasteiger charge is 2.20. The van der Waals surface area contributed by atoms with Crippen LogP contribution in [-0.2, 0) is 22.5 Å². The number of nitrogens with zero attached hydrogens (tertiary/aromatic N) is 5. The molecule has 1 aliphatic heterocycles. The molecular formula is C21H25FN6O2S. The van der Waals surface area contributed by atoms with E-state index in [4.69, 9.17) is 14.7 Å². The lowest BCUT2D eigenvalue weighted by atomic mass is 10.1. The van der Waals surface area contributed by atoms with Crippen molar-refractivity contribution in [2.75, 3.05) is 43.5 Å². The summed E-state index contributed by atoms with van der Waals surface area (Å²) < 4.78 is 20.3. The Morgan fingerprint density at radius 1 is 1.23 bits per heavy atom. The molecule has 3 heterocycles. The molecule has 2 aromatic heterocycles. The second kappa shape index (κ2) is 10.1. The van der Waals surface area contributed by atoms with Gasteiger partial charge in [0.25, 0.3) is 0 Å². The van der Waals surface area contributed by atoms with Gasteiger partial charge in [-0.25, -0.2) is 19.0 Å². The van der Waals surface area contributed by atoms with Crippen molar-refractivity contribution in [2.24, 2.45) is 0 Å². The Balaban J connectivity index is 1.45. The molecule has 3 aromatic rings. The van der Waals surface area contributed by atoms with Gasteiger partial charge in [0.05, 0.1) is 37.8 Å². The molecule has 0 bridgehead atoms. The smallest absolute Gasteiger partial charge is 0.224 e. The molecular weight excluding hydrogens is 419 g/mol. The maximum absolute atomic E-state index is 13.0. The number of ether oxygens (including phenoxy) is 1. The fourth-order valence-electron chi connectivity index (χ4n) is 3.45. The van der Waals surface area contributed by atoms with Crippen molar-refractivity contribution in [1.82, 2.24) is 25.1 Å². The highest BCUT2D eigenvalue weighted by atomic mass is 32.2. The summed E-state index contributed by atoms with van der Waals surface area (Å²) in [4.78, 5) is 23.9. The lowest BCUT2D eigenvalue weighted by Crippen LogP contribution is -2.37. The molecule has 31 heavy (non-hydrogen) atoms. The Bertz CT molecular complexity index is 1040. The molecule has 0 aliphatic carbocycles. The maximum Gasteiger partial charge on any atom is 0.224 e. The van der Waals surface area contributed by atoms with E-state index in [0.717, 1.165) is 46.4 Å². The molecule has 1 aliphatic rings. The van der Waals surface area contributed by atoms with Crippen LogP contribution in [0.5, 0.6) is 0 Å². The van der Waals surface area contributed by atoms with Crippen LogP contribution in [0, 0.1) is 5.82 Å². The Morgan fingerprint density at radius 2 is 2.00 bits per heavy atom. The molecule has 10 heteroatoms. The summed E-state index contributed by atoms with van der Waals surface area (Å²) >= 11 is 1.59. The standard InChI is InChI=1S/C21H25FN6O2S/c1-2-31-21-25-19(27-9-11-30-12-10-27)17-14-24-28(20(17)26-21)8-7-23-18(29)13-15-3-5-16(22)6-4-15/h3-6,14H,2,7-13H2,1H3,(H,23,29). The number of anilines is 1. The summed E-state index contributed by atoms with van der Waals surface area (Å²) in [5, 5.41) is 9.02. The van der Waals surface area contributed by atoms with Gasteiger partial charge in [-0.1, -0.05) is 30.8 Å². The number of aromatic nitrogens is 4. The van der Waals surface area contributed by atoms with E-state index in [2.05, 4.69) is 22.2 Å². The van der Waals surface area contributed by atoms with Crippen LogP contribution in [0.1, 0.15) is 12.5 Å². The van der Waals surface area contributed by atoms with E-state index < -0.39 is 0 Å². The van der Waals surface area contributed by atoms with E-state index in [1.54, 1.807) is 34.8 Å². The summed E-state index contributed by atoms with van der Waals surface area (Å²) in [6.45, 7) is 5.91. The van der Waals surface area contributed by atoms with Gasteiger partial charge in [0.15, 0.2) is 10.8 Å². The SMILES string of the molecule is CCSc1nc(N2CCOCC2)c2cnn(CCNC(=O)Cc3ccc(F)cc3)c2n1. The molecule has 1 fully saturated rings. The largest absolute Gasteiger partial charge is 0.378 e. The predicted molar refractivity (Wildman–Crippen MR) is 118 cm³/mol. The number of benzene rings is 1. The number of halogens is 1. The highest BCUT2D eigenvalue weighted by molar-refractivity contribution is 7.99. The van der Waals surface area contributed by atoms with Crippen molar-refractivity contribution in [3.05, 3.63) is 41.8 Å². The minimum absolute atomic E-state index is 0.117. The molecule has 0 spiro atoms. The van der Waals surface area contributed by atoms with Crippen LogP contribution in [0.2, 0.25) is 0 Å². The van der Waals surface area contributed by atoms with Crippen molar-refractivity contribution in [3.8, 4) is 0 Å². The molecule has 1 N–H and O–H groups in total. The number of rotatable bonds is 8. The number of hydrogen-bond donors (Lipinski definition) is 1. The zero-order chi connectivity index (χ0) is 21.6.